The zero-order chi connectivity index (χ0) is 19.3. The number of benzene rings is 2. The highest BCUT2D eigenvalue weighted by Gasteiger charge is 2.23. The lowest BCUT2D eigenvalue weighted by Gasteiger charge is -2.31. The van der Waals surface area contributed by atoms with Gasteiger partial charge < -0.3 is 15.0 Å². The van der Waals surface area contributed by atoms with Gasteiger partial charge in [-0.2, -0.15) is 0 Å². The van der Waals surface area contributed by atoms with Crippen molar-refractivity contribution in [3.8, 4) is 5.75 Å². The Kier molecular flexibility index (Phi) is 5.42. The second-order valence-corrected chi connectivity index (χ2v) is 7.24. The summed E-state index contributed by atoms with van der Waals surface area (Å²) in [5, 5.41) is 3.07. The van der Waals surface area contributed by atoms with Gasteiger partial charge in [0, 0.05) is 37.2 Å². The molecule has 0 saturated carbocycles. The van der Waals surface area contributed by atoms with Crippen molar-refractivity contribution >= 4 is 17.9 Å². The summed E-state index contributed by atoms with van der Waals surface area (Å²) in [6.45, 7) is 2.04. The molecule has 0 aromatic heterocycles. The van der Waals surface area contributed by atoms with E-state index >= 15 is 0 Å². The van der Waals surface area contributed by atoms with E-state index in [1.807, 2.05) is 53.4 Å². The Morgan fingerprint density at radius 3 is 2.64 bits per heavy atom. The Balaban J connectivity index is 1.27. The van der Waals surface area contributed by atoms with Gasteiger partial charge in [-0.25, -0.2) is 0 Å². The molecule has 1 saturated heterocycles. The number of piperidine rings is 1. The molecule has 2 aromatic carbocycles. The van der Waals surface area contributed by atoms with E-state index in [0.29, 0.717) is 18.7 Å². The van der Waals surface area contributed by atoms with Crippen molar-refractivity contribution < 1.29 is 14.3 Å². The molecule has 2 aliphatic heterocycles. The van der Waals surface area contributed by atoms with Gasteiger partial charge in [-0.1, -0.05) is 24.3 Å². The number of hydrogen-bond acceptors (Lipinski definition) is 3. The van der Waals surface area contributed by atoms with Gasteiger partial charge in [0.15, 0.2) is 0 Å². The summed E-state index contributed by atoms with van der Waals surface area (Å²) in [5.41, 5.74) is 2.89. The van der Waals surface area contributed by atoms with Gasteiger partial charge in [0.25, 0.3) is 5.91 Å². The molecule has 2 amide bonds. The highest BCUT2D eigenvalue weighted by Crippen LogP contribution is 2.26. The van der Waals surface area contributed by atoms with Gasteiger partial charge in [-0.3, -0.25) is 9.59 Å². The number of likely N-dealkylation sites (tertiary alicyclic amines) is 1. The molecule has 28 heavy (non-hydrogen) atoms. The predicted octanol–water partition coefficient (Wildman–Crippen LogP) is 3.06. The lowest BCUT2D eigenvalue weighted by atomic mass is 10.0. The normalized spacial score (nSPS) is 16.6. The SMILES string of the molecule is O=C(NC1CCN(C(=O)/C=C/c2ccc3c(c2)CCO3)CC1)c1ccccc1. The van der Waals surface area contributed by atoms with Crippen molar-refractivity contribution in [2.24, 2.45) is 0 Å². The van der Waals surface area contributed by atoms with Crippen molar-refractivity contribution in [2.75, 3.05) is 19.7 Å². The Hall–Kier alpha value is -3.08. The minimum atomic E-state index is -0.0501. The van der Waals surface area contributed by atoms with Crippen LogP contribution in [0.3, 0.4) is 0 Å². The van der Waals surface area contributed by atoms with E-state index in [1.165, 1.54) is 5.56 Å². The fourth-order valence-electron chi connectivity index (χ4n) is 3.69. The van der Waals surface area contributed by atoms with Crippen LogP contribution in [0.1, 0.15) is 34.3 Å². The molecule has 2 aromatic rings. The molecule has 0 atom stereocenters. The van der Waals surface area contributed by atoms with Crippen molar-refractivity contribution in [1.82, 2.24) is 10.2 Å². The number of carbonyl (C=O) groups excluding carboxylic acids is 2. The summed E-state index contributed by atoms with van der Waals surface area (Å²) < 4.78 is 5.51. The summed E-state index contributed by atoms with van der Waals surface area (Å²) in [6, 6.07) is 15.4. The Bertz CT molecular complexity index is 884. The van der Waals surface area contributed by atoms with E-state index in [1.54, 1.807) is 6.08 Å². The summed E-state index contributed by atoms with van der Waals surface area (Å²) in [7, 11) is 0. The smallest absolute Gasteiger partial charge is 0.251 e. The van der Waals surface area contributed by atoms with Gasteiger partial charge in [0.1, 0.15) is 5.75 Å². The maximum Gasteiger partial charge on any atom is 0.251 e. The first-order valence-electron chi connectivity index (χ1n) is 9.78. The van der Waals surface area contributed by atoms with E-state index < -0.39 is 0 Å². The van der Waals surface area contributed by atoms with Crippen molar-refractivity contribution in [1.29, 1.82) is 0 Å². The molecule has 0 spiro atoms. The molecule has 1 N–H and O–H groups in total. The molecular formula is C23H24N2O3. The monoisotopic (exact) mass is 376 g/mol. The van der Waals surface area contributed by atoms with Gasteiger partial charge in [0.05, 0.1) is 6.61 Å². The molecule has 0 aliphatic carbocycles. The molecule has 2 heterocycles. The number of carbonyl (C=O) groups is 2. The third-order valence-electron chi connectivity index (χ3n) is 5.31. The molecule has 1 fully saturated rings. The van der Waals surface area contributed by atoms with Gasteiger partial charge >= 0.3 is 0 Å². The minimum Gasteiger partial charge on any atom is -0.493 e. The molecule has 144 valence electrons. The lowest BCUT2D eigenvalue weighted by molar-refractivity contribution is -0.126. The summed E-state index contributed by atoms with van der Waals surface area (Å²) in [6.07, 6.45) is 5.97. The van der Waals surface area contributed by atoms with Crippen molar-refractivity contribution in [3.05, 3.63) is 71.3 Å². The highest BCUT2D eigenvalue weighted by molar-refractivity contribution is 5.94. The number of fused-ring (bicyclic) bond motifs is 1. The van der Waals surface area contributed by atoms with Gasteiger partial charge in [0.2, 0.25) is 5.91 Å². The van der Waals surface area contributed by atoms with Crippen LogP contribution in [0.4, 0.5) is 0 Å². The van der Waals surface area contributed by atoms with Crippen LogP contribution < -0.4 is 10.1 Å². The van der Waals surface area contributed by atoms with Crippen LogP contribution in [-0.4, -0.2) is 42.5 Å². The lowest BCUT2D eigenvalue weighted by Crippen LogP contribution is -2.46. The number of ether oxygens (including phenoxy) is 1. The molecule has 0 radical (unpaired) electrons. The Labute approximate surface area is 165 Å². The molecule has 2 aliphatic rings. The van der Waals surface area contributed by atoms with E-state index in [0.717, 1.165) is 37.2 Å². The largest absolute Gasteiger partial charge is 0.493 e. The summed E-state index contributed by atoms with van der Waals surface area (Å²) in [5.74, 6) is 0.915. The summed E-state index contributed by atoms with van der Waals surface area (Å²) >= 11 is 0. The maximum atomic E-state index is 12.5. The topological polar surface area (TPSA) is 58.6 Å². The predicted molar refractivity (Wildman–Crippen MR) is 108 cm³/mol. The number of rotatable bonds is 4. The van der Waals surface area contributed by atoms with E-state index in [-0.39, 0.29) is 17.9 Å². The average Bonchev–Trinajstić information content (AvgIpc) is 3.21. The fraction of sp³-hybridized carbons (Fsp3) is 0.304. The second-order valence-electron chi connectivity index (χ2n) is 7.24. The average molecular weight is 376 g/mol. The highest BCUT2D eigenvalue weighted by atomic mass is 16.5. The first-order chi connectivity index (χ1) is 13.7. The maximum absolute atomic E-state index is 12.5. The fourth-order valence-corrected chi connectivity index (χ4v) is 3.69. The van der Waals surface area contributed by atoms with Crippen LogP contribution >= 0.6 is 0 Å². The molecular weight excluding hydrogens is 352 g/mol. The van der Waals surface area contributed by atoms with Crippen molar-refractivity contribution in [2.45, 2.75) is 25.3 Å². The van der Waals surface area contributed by atoms with Crippen LogP contribution in [-0.2, 0) is 11.2 Å². The molecule has 0 unspecified atom stereocenters. The third kappa shape index (κ3) is 4.25. The van der Waals surface area contributed by atoms with Gasteiger partial charge in [-0.15, -0.1) is 0 Å². The molecule has 4 rings (SSSR count). The van der Waals surface area contributed by atoms with E-state index in [2.05, 4.69) is 11.4 Å². The van der Waals surface area contributed by atoms with Crippen LogP contribution in [0.15, 0.2) is 54.6 Å². The van der Waals surface area contributed by atoms with Crippen LogP contribution in [0.5, 0.6) is 5.75 Å². The van der Waals surface area contributed by atoms with E-state index in [4.69, 9.17) is 4.74 Å². The van der Waals surface area contributed by atoms with Crippen molar-refractivity contribution in [3.63, 3.8) is 0 Å². The van der Waals surface area contributed by atoms with Crippen LogP contribution in [0, 0.1) is 0 Å². The Morgan fingerprint density at radius 2 is 1.86 bits per heavy atom. The molecule has 5 nitrogen and oxygen atoms in total. The number of nitrogens with one attached hydrogen (secondary N) is 1. The number of amides is 2. The first-order valence-corrected chi connectivity index (χ1v) is 9.78. The quantitative estimate of drug-likeness (QED) is 0.835. The first kappa shape index (κ1) is 18.3. The van der Waals surface area contributed by atoms with Gasteiger partial charge in [-0.05, 0) is 54.3 Å². The number of nitrogens with zero attached hydrogens (tertiary/aromatic N) is 1. The zero-order valence-corrected chi connectivity index (χ0v) is 15.8. The second kappa shape index (κ2) is 8.30. The minimum absolute atomic E-state index is 0.0181. The van der Waals surface area contributed by atoms with Crippen LogP contribution in [0.2, 0.25) is 0 Å². The Morgan fingerprint density at radius 1 is 1.07 bits per heavy atom. The molecule has 5 heteroatoms. The van der Waals surface area contributed by atoms with Crippen LogP contribution in [0.25, 0.3) is 6.08 Å². The number of hydrogen-bond donors (Lipinski definition) is 1. The summed E-state index contributed by atoms with van der Waals surface area (Å²) in [4.78, 5) is 26.6. The zero-order valence-electron chi connectivity index (χ0n) is 15.8. The standard InChI is InChI=1S/C23H24N2O3/c26-22(9-7-17-6-8-21-19(16-17)12-15-28-21)25-13-10-20(11-14-25)24-23(27)18-4-2-1-3-5-18/h1-9,16,20H,10-15H2,(H,24,27)/b9-7+. The molecule has 0 bridgehead atoms. The third-order valence-corrected chi connectivity index (χ3v) is 5.31. The van der Waals surface area contributed by atoms with E-state index in [9.17, 15) is 9.59 Å².